The van der Waals surface area contributed by atoms with E-state index < -0.39 is 0 Å². The zero-order valence-electron chi connectivity index (χ0n) is 16.5. The quantitative estimate of drug-likeness (QED) is 0.634. The molecule has 1 aliphatic heterocycles. The Kier molecular flexibility index (Phi) is 5.64. The SMILES string of the molecule is Cc1noc(C(C)N2CCN(c3cnn(Cc4ccccc4)c(=O)c3Cl)CC2)n1. The second-order valence-corrected chi connectivity index (χ2v) is 7.55. The van der Waals surface area contributed by atoms with E-state index in [0.717, 1.165) is 31.7 Å². The van der Waals surface area contributed by atoms with E-state index in [2.05, 4.69) is 32.0 Å². The summed E-state index contributed by atoms with van der Waals surface area (Å²) in [5.74, 6) is 1.26. The van der Waals surface area contributed by atoms with Crippen molar-refractivity contribution >= 4 is 17.3 Å². The smallest absolute Gasteiger partial charge is 0.287 e. The van der Waals surface area contributed by atoms with Crippen LogP contribution < -0.4 is 10.5 Å². The number of piperazine rings is 1. The highest BCUT2D eigenvalue weighted by molar-refractivity contribution is 6.33. The number of aryl methyl sites for hydroxylation is 1. The molecule has 1 aromatic carbocycles. The fourth-order valence-corrected chi connectivity index (χ4v) is 3.80. The van der Waals surface area contributed by atoms with E-state index in [1.165, 1.54) is 4.68 Å². The normalized spacial score (nSPS) is 16.2. The maximum absolute atomic E-state index is 12.7. The third kappa shape index (κ3) is 4.18. The number of benzene rings is 1. The van der Waals surface area contributed by atoms with E-state index in [4.69, 9.17) is 16.1 Å². The molecule has 4 rings (SSSR count). The van der Waals surface area contributed by atoms with Crippen molar-refractivity contribution < 1.29 is 4.52 Å². The third-order valence-corrected chi connectivity index (χ3v) is 5.60. The molecule has 0 saturated carbocycles. The standard InChI is InChI=1S/C20H23ClN6O2/c1-14(19-23-15(2)24-29-19)25-8-10-26(11-9-25)17-12-22-27(20(28)18(17)21)13-16-6-4-3-5-7-16/h3-7,12,14H,8-11,13H2,1-2H3. The summed E-state index contributed by atoms with van der Waals surface area (Å²) in [5, 5.41) is 8.43. The molecule has 3 heterocycles. The van der Waals surface area contributed by atoms with Gasteiger partial charge in [0.1, 0.15) is 5.02 Å². The van der Waals surface area contributed by atoms with Crippen LogP contribution in [0.25, 0.3) is 0 Å². The predicted molar refractivity (Wildman–Crippen MR) is 110 cm³/mol. The van der Waals surface area contributed by atoms with Gasteiger partial charge in [0.05, 0.1) is 24.5 Å². The molecule has 0 aliphatic carbocycles. The highest BCUT2D eigenvalue weighted by Crippen LogP contribution is 2.25. The first kappa shape index (κ1) is 19.6. The topological polar surface area (TPSA) is 80.3 Å². The number of hydrogen-bond donors (Lipinski definition) is 0. The van der Waals surface area contributed by atoms with E-state index in [0.29, 0.717) is 23.9 Å². The molecular weight excluding hydrogens is 392 g/mol. The molecule has 0 bridgehead atoms. The van der Waals surface area contributed by atoms with E-state index >= 15 is 0 Å². The number of anilines is 1. The summed E-state index contributed by atoms with van der Waals surface area (Å²) >= 11 is 6.43. The van der Waals surface area contributed by atoms with Crippen LogP contribution in [-0.2, 0) is 6.54 Å². The van der Waals surface area contributed by atoms with Gasteiger partial charge in [0.15, 0.2) is 5.82 Å². The van der Waals surface area contributed by atoms with Crippen LogP contribution in [0.5, 0.6) is 0 Å². The van der Waals surface area contributed by atoms with E-state index in [9.17, 15) is 4.79 Å². The Morgan fingerprint density at radius 3 is 2.55 bits per heavy atom. The van der Waals surface area contributed by atoms with Gasteiger partial charge in [-0.25, -0.2) is 4.68 Å². The Hall–Kier alpha value is -2.71. The predicted octanol–water partition coefficient (Wildman–Crippen LogP) is 2.52. The van der Waals surface area contributed by atoms with Crippen molar-refractivity contribution in [2.45, 2.75) is 26.4 Å². The average molecular weight is 415 g/mol. The molecule has 3 aromatic rings. The zero-order valence-corrected chi connectivity index (χ0v) is 17.2. The minimum absolute atomic E-state index is 0.0471. The summed E-state index contributed by atoms with van der Waals surface area (Å²) in [6, 6.07) is 9.78. The molecule has 0 N–H and O–H groups in total. The molecule has 0 amide bonds. The second kappa shape index (κ2) is 8.34. The van der Waals surface area contributed by atoms with Gasteiger partial charge in [-0.1, -0.05) is 47.1 Å². The highest BCUT2D eigenvalue weighted by atomic mass is 35.5. The van der Waals surface area contributed by atoms with Crippen molar-refractivity contribution in [3.05, 3.63) is 69.2 Å². The fraction of sp³-hybridized carbons (Fsp3) is 0.400. The largest absolute Gasteiger partial charge is 0.366 e. The van der Waals surface area contributed by atoms with Crippen LogP contribution in [0, 0.1) is 6.92 Å². The Labute approximate surface area is 173 Å². The number of nitrogens with zero attached hydrogens (tertiary/aromatic N) is 6. The molecule has 29 heavy (non-hydrogen) atoms. The molecule has 0 spiro atoms. The molecule has 0 radical (unpaired) electrons. The van der Waals surface area contributed by atoms with Crippen LogP contribution in [0.1, 0.15) is 30.2 Å². The molecule has 1 aliphatic rings. The molecule has 1 unspecified atom stereocenters. The molecular formula is C20H23ClN6O2. The number of halogens is 1. The van der Waals surface area contributed by atoms with Gasteiger partial charge < -0.3 is 9.42 Å². The van der Waals surface area contributed by atoms with Crippen LogP contribution in [-0.4, -0.2) is 51.0 Å². The average Bonchev–Trinajstić information content (AvgIpc) is 3.18. The molecule has 2 aromatic heterocycles. The van der Waals surface area contributed by atoms with Crippen molar-refractivity contribution in [2.24, 2.45) is 0 Å². The van der Waals surface area contributed by atoms with E-state index in [1.807, 2.05) is 37.3 Å². The first-order valence-electron chi connectivity index (χ1n) is 9.61. The van der Waals surface area contributed by atoms with Gasteiger partial charge in [0, 0.05) is 26.2 Å². The van der Waals surface area contributed by atoms with E-state index in [1.54, 1.807) is 6.20 Å². The molecule has 1 atom stereocenters. The lowest BCUT2D eigenvalue weighted by molar-refractivity contribution is 0.164. The maximum Gasteiger partial charge on any atom is 0.287 e. The van der Waals surface area contributed by atoms with Gasteiger partial charge in [-0.05, 0) is 19.4 Å². The number of hydrogen-bond acceptors (Lipinski definition) is 7. The summed E-state index contributed by atoms with van der Waals surface area (Å²) in [4.78, 5) is 21.4. The first-order valence-corrected chi connectivity index (χ1v) is 9.99. The minimum Gasteiger partial charge on any atom is -0.366 e. The van der Waals surface area contributed by atoms with Crippen molar-refractivity contribution in [3.63, 3.8) is 0 Å². The van der Waals surface area contributed by atoms with Crippen LogP contribution in [0.4, 0.5) is 5.69 Å². The van der Waals surface area contributed by atoms with Crippen molar-refractivity contribution in [1.82, 2.24) is 24.8 Å². The third-order valence-electron chi connectivity index (χ3n) is 5.24. The van der Waals surface area contributed by atoms with Crippen molar-refractivity contribution in [1.29, 1.82) is 0 Å². The van der Waals surface area contributed by atoms with Crippen LogP contribution in [0.3, 0.4) is 0 Å². The van der Waals surface area contributed by atoms with Gasteiger partial charge >= 0.3 is 0 Å². The molecule has 8 nitrogen and oxygen atoms in total. The Balaban J connectivity index is 1.44. The van der Waals surface area contributed by atoms with E-state index in [-0.39, 0.29) is 16.6 Å². The monoisotopic (exact) mass is 414 g/mol. The zero-order chi connectivity index (χ0) is 20.4. The molecule has 1 saturated heterocycles. The van der Waals surface area contributed by atoms with Crippen molar-refractivity contribution in [3.8, 4) is 0 Å². The summed E-state index contributed by atoms with van der Waals surface area (Å²) in [5.41, 5.74) is 1.41. The van der Waals surface area contributed by atoms with Gasteiger partial charge in [0.2, 0.25) is 5.89 Å². The lowest BCUT2D eigenvalue weighted by atomic mass is 10.2. The van der Waals surface area contributed by atoms with Crippen LogP contribution >= 0.6 is 11.6 Å². The summed E-state index contributed by atoms with van der Waals surface area (Å²) in [7, 11) is 0. The Bertz CT molecular complexity index is 1030. The lowest BCUT2D eigenvalue weighted by Crippen LogP contribution is -2.47. The van der Waals surface area contributed by atoms with Gasteiger partial charge in [0.25, 0.3) is 5.56 Å². The maximum atomic E-state index is 12.7. The molecule has 1 fully saturated rings. The van der Waals surface area contributed by atoms with Gasteiger partial charge in [-0.2, -0.15) is 10.1 Å². The summed E-state index contributed by atoms with van der Waals surface area (Å²) in [6.45, 7) is 7.34. The lowest BCUT2D eigenvalue weighted by Gasteiger charge is -2.38. The number of aromatic nitrogens is 4. The van der Waals surface area contributed by atoms with Gasteiger partial charge in [-0.15, -0.1) is 0 Å². The summed E-state index contributed by atoms with van der Waals surface area (Å²) in [6.07, 6.45) is 1.69. The first-order chi connectivity index (χ1) is 14.0. The highest BCUT2D eigenvalue weighted by Gasteiger charge is 2.27. The summed E-state index contributed by atoms with van der Waals surface area (Å²) < 4.78 is 6.70. The number of rotatable bonds is 5. The Morgan fingerprint density at radius 1 is 1.17 bits per heavy atom. The van der Waals surface area contributed by atoms with Crippen molar-refractivity contribution in [2.75, 3.05) is 31.1 Å². The molecule has 9 heteroatoms. The van der Waals surface area contributed by atoms with Gasteiger partial charge in [-0.3, -0.25) is 9.69 Å². The fourth-order valence-electron chi connectivity index (χ4n) is 3.53. The minimum atomic E-state index is -0.273. The van der Waals surface area contributed by atoms with Crippen LogP contribution in [0.2, 0.25) is 5.02 Å². The van der Waals surface area contributed by atoms with Crippen LogP contribution in [0.15, 0.2) is 45.8 Å². The molecule has 152 valence electrons. The Morgan fingerprint density at radius 2 is 1.90 bits per heavy atom. The second-order valence-electron chi connectivity index (χ2n) is 7.17.